The van der Waals surface area contributed by atoms with Crippen molar-refractivity contribution in [1.29, 1.82) is 0 Å². The monoisotopic (exact) mass is 564 g/mol. The Morgan fingerprint density at radius 3 is 2.23 bits per heavy atom. The van der Waals surface area contributed by atoms with Gasteiger partial charge < -0.3 is 20.5 Å². The van der Waals surface area contributed by atoms with Crippen LogP contribution in [0.1, 0.15) is 34.6 Å². The van der Waals surface area contributed by atoms with Crippen LogP contribution in [0.15, 0.2) is 30.6 Å². The van der Waals surface area contributed by atoms with Gasteiger partial charge in [0, 0.05) is 17.7 Å². The van der Waals surface area contributed by atoms with E-state index in [0.717, 1.165) is 12.1 Å². The number of aromatic nitrogens is 4. The van der Waals surface area contributed by atoms with Crippen molar-refractivity contribution in [3.63, 3.8) is 0 Å². The van der Waals surface area contributed by atoms with Gasteiger partial charge in [0.15, 0.2) is 17.3 Å². The number of fused-ring (bicyclic) bond motifs is 1. The van der Waals surface area contributed by atoms with Crippen LogP contribution in [0, 0.1) is 29.1 Å². The number of rotatable bonds is 6. The lowest BCUT2D eigenvalue weighted by Gasteiger charge is -2.28. The highest BCUT2D eigenvalue weighted by atomic mass is 19.2. The van der Waals surface area contributed by atoms with E-state index in [2.05, 4.69) is 20.4 Å². The van der Waals surface area contributed by atoms with Crippen molar-refractivity contribution in [2.45, 2.75) is 52.3 Å². The van der Waals surface area contributed by atoms with Crippen LogP contribution in [-0.2, 0) is 11.3 Å². The fraction of sp³-hybridized carbons (Fsp3) is 0.308. The minimum atomic E-state index is -1.78. The fourth-order valence-electron chi connectivity index (χ4n) is 3.83. The van der Waals surface area contributed by atoms with Crippen molar-refractivity contribution in [2.75, 3.05) is 5.73 Å². The van der Waals surface area contributed by atoms with Crippen LogP contribution in [0.25, 0.3) is 22.3 Å². The zero-order chi connectivity index (χ0) is 29.6. The molecule has 0 unspecified atom stereocenters. The van der Waals surface area contributed by atoms with Gasteiger partial charge in [-0.25, -0.2) is 32.6 Å². The molecule has 1 amide bonds. The Labute approximate surface area is 225 Å². The van der Waals surface area contributed by atoms with E-state index in [9.17, 15) is 22.4 Å². The normalized spacial score (nSPS) is 12.1. The number of halogens is 5. The Bertz CT molecular complexity index is 1590. The van der Waals surface area contributed by atoms with Crippen molar-refractivity contribution >= 4 is 22.9 Å². The highest BCUT2D eigenvalue weighted by molar-refractivity contribution is 5.98. The number of nitrogen functional groups attached to an aromatic ring is 1. The number of ether oxygens (including phenoxy) is 2. The van der Waals surface area contributed by atoms with E-state index >= 15 is 4.39 Å². The number of benzene rings is 2. The first-order valence-electron chi connectivity index (χ1n) is 11.9. The highest BCUT2D eigenvalue weighted by Gasteiger charge is 2.28. The molecule has 0 spiro atoms. The molecule has 0 aliphatic heterocycles. The number of hydrogen-bond donors (Lipinski definition) is 2. The van der Waals surface area contributed by atoms with E-state index in [1.807, 2.05) is 0 Å². The molecular formula is C26H25F5N6O3. The number of nitrogens with one attached hydrogen (secondary N) is 1. The quantitative estimate of drug-likeness (QED) is 0.222. The van der Waals surface area contributed by atoms with Gasteiger partial charge in [0.1, 0.15) is 35.0 Å². The molecule has 0 atom stereocenters. The lowest BCUT2D eigenvalue weighted by atomic mass is 10.1. The average molecular weight is 565 g/mol. The van der Waals surface area contributed by atoms with E-state index in [0.29, 0.717) is 0 Å². The van der Waals surface area contributed by atoms with E-state index in [1.54, 1.807) is 34.6 Å². The van der Waals surface area contributed by atoms with Crippen molar-refractivity contribution in [1.82, 2.24) is 25.1 Å². The van der Waals surface area contributed by atoms with E-state index in [-0.39, 0.29) is 40.7 Å². The first-order valence-corrected chi connectivity index (χ1v) is 11.9. The van der Waals surface area contributed by atoms with Crippen LogP contribution < -0.4 is 15.8 Å². The Hall–Kier alpha value is -4.49. The summed E-state index contributed by atoms with van der Waals surface area (Å²) in [6.07, 6.45) is 0.540. The average Bonchev–Trinajstić information content (AvgIpc) is 3.17. The number of nitrogens with zero attached hydrogens (tertiary/aromatic N) is 4. The van der Waals surface area contributed by atoms with E-state index in [4.69, 9.17) is 15.2 Å². The van der Waals surface area contributed by atoms with Gasteiger partial charge in [0.2, 0.25) is 17.4 Å². The molecule has 2 aromatic carbocycles. The number of carbonyl (C=O) groups is 1. The Balaban J connectivity index is 1.70. The summed E-state index contributed by atoms with van der Waals surface area (Å²) < 4.78 is 82.1. The molecule has 0 aliphatic carbocycles. The number of nitrogens with two attached hydrogens (primary N) is 1. The van der Waals surface area contributed by atoms with Crippen LogP contribution in [0.4, 0.5) is 32.6 Å². The van der Waals surface area contributed by atoms with Crippen molar-refractivity contribution < 1.29 is 36.2 Å². The molecule has 2 aromatic heterocycles. The second kappa shape index (κ2) is 10.2. The molecule has 0 aliphatic rings. The van der Waals surface area contributed by atoms with Gasteiger partial charge >= 0.3 is 6.09 Å². The Kier molecular flexibility index (Phi) is 7.30. The largest absolute Gasteiger partial charge is 0.451 e. The second-order valence-electron chi connectivity index (χ2n) is 10.5. The summed E-state index contributed by atoms with van der Waals surface area (Å²) in [6, 6.07) is 3.09. The topological polar surface area (TPSA) is 117 Å². The van der Waals surface area contributed by atoms with Gasteiger partial charge in [-0.2, -0.15) is 13.9 Å². The van der Waals surface area contributed by atoms with Crippen LogP contribution in [-0.4, -0.2) is 37.0 Å². The number of amides is 1. The SMILES string of the molecule is CC(C)(Cn1nc(-c2ccc(Oc3c(F)c(F)cc(F)c3F)cc2F)c2c(N)ncnc21)NC(=O)OC(C)(C)C. The van der Waals surface area contributed by atoms with Gasteiger partial charge in [0.25, 0.3) is 0 Å². The maximum Gasteiger partial charge on any atom is 0.408 e. The van der Waals surface area contributed by atoms with Crippen molar-refractivity contribution in [3.8, 4) is 22.8 Å². The predicted octanol–water partition coefficient (Wildman–Crippen LogP) is 5.87. The molecule has 40 heavy (non-hydrogen) atoms. The van der Waals surface area contributed by atoms with Gasteiger partial charge in [-0.15, -0.1) is 0 Å². The summed E-state index contributed by atoms with van der Waals surface area (Å²) in [5.41, 5.74) is 4.59. The maximum absolute atomic E-state index is 15.3. The molecule has 2 heterocycles. The number of alkyl carbamates (subject to hydrolysis) is 1. The smallest absolute Gasteiger partial charge is 0.408 e. The third kappa shape index (κ3) is 5.90. The van der Waals surface area contributed by atoms with E-state index < -0.39 is 57.8 Å². The minimum absolute atomic E-state index is 0.0109. The lowest BCUT2D eigenvalue weighted by Crippen LogP contribution is -2.48. The summed E-state index contributed by atoms with van der Waals surface area (Å²) >= 11 is 0. The van der Waals surface area contributed by atoms with Gasteiger partial charge in [-0.1, -0.05) is 0 Å². The first-order chi connectivity index (χ1) is 18.6. The van der Waals surface area contributed by atoms with Gasteiger partial charge in [0.05, 0.1) is 17.5 Å². The summed E-state index contributed by atoms with van der Waals surface area (Å²) in [4.78, 5) is 20.5. The summed E-state index contributed by atoms with van der Waals surface area (Å²) in [6.45, 7) is 8.66. The van der Waals surface area contributed by atoms with Crippen LogP contribution in [0.2, 0.25) is 0 Å². The molecule has 0 saturated carbocycles. The minimum Gasteiger partial charge on any atom is -0.451 e. The summed E-state index contributed by atoms with van der Waals surface area (Å²) in [7, 11) is 0. The van der Waals surface area contributed by atoms with Crippen LogP contribution in [0.5, 0.6) is 11.5 Å². The van der Waals surface area contributed by atoms with Crippen molar-refractivity contribution in [3.05, 3.63) is 59.7 Å². The molecular weight excluding hydrogens is 539 g/mol. The number of anilines is 1. The third-order valence-corrected chi connectivity index (χ3v) is 5.43. The van der Waals surface area contributed by atoms with Gasteiger partial charge in [-0.3, -0.25) is 0 Å². The molecule has 0 bridgehead atoms. The second-order valence-corrected chi connectivity index (χ2v) is 10.5. The van der Waals surface area contributed by atoms with E-state index in [1.165, 1.54) is 17.1 Å². The standard InChI is InChI=1S/C26H25F5N6O3/c1-25(2,3)40-24(38)35-26(4,5)10-37-23-17(22(32)33-11-34-23)20(36-37)13-7-6-12(8-14(13)27)39-21-18(30)15(28)9-16(29)19(21)31/h6-9,11H,10H2,1-5H3,(H,35,38)(H2,32,33,34). The van der Waals surface area contributed by atoms with Crippen LogP contribution >= 0.6 is 0 Å². The number of carbonyl (C=O) groups excluding carboxylic acids is 1. The lowest BCUT2D eigenvalue weighted by molar-refractivity contribution is 0.0462. The van der Waals surface area contributed by atoms with Crippen LogP contribution in [0.3, 0.4) is 0 Å². The Morgan fingerprint density at radius 1 is 0.975 bits per heavy atom. The summed E-state index contributed by atoms with van der Waals surface area (Å²) in [5.74, 6) is -9.69. The first kappa shape index (κ1) is 28.5. The molecule has 212 valence electrons. The molecule has 0 radical (unpaired) electrons. The molecule has 4 aromatic rings. The molecule has 0 saturated heterocycles. The molecule has 3 N–H and O–H groups in total. The maximum atomic E-state index is 15.3. The zero-order valence-electron chi connectivity index (χ0n) is 22.1. The third-order valence-electron chi connectivity index (χ3n) is 5.43. The molecule has 9 nitrogen and oxygen atoms in total. The highest BCUT2D eigenvalue weighted by Crippen LogP contribution is 2.36. The van der Waals surface area contributed by atoms with Gasteiger partial charge in [-0.05, 0) is 46.8 Å². The zero-order valence-corrected chi connectivity index (χ0v) is 22.1. The van der Waals surface area contributed by atoms with Crippen molar-refractivity contribution in [2.24, 2.45) is 0 Å². The molecule has 0 fully saturated rings. The number of hydrogen-bond acceptors (Lipinski definition) is 7. The fourth-order valence-corrected chi connectivity index (χ4v) is 3.83. The Morgan fingerprint density at radius 2 is 1.62 bits per heavy atom. The molecule has 14 heteroatoms. The molecule has 4 rings (SSSR count). The predicted molar refractivity (Wildman–Crippen MR) is 135 cm³/mol. The summed E-state index contributed by atoms with van der Waals surface area (Å²) in [5, 5.41) is 7.40.